The van der Waals surface area contributed by atoms with Gasteiger partial charge in [0.1, 0.15) is 5.75 Å². The molecule has 0 bridgehead atoms. The summed E-state index contributed by atoms with van der Waals surface area (Å²) in [4.78, 5) is 30.1. The molecule has 0 saturated heterocycles. The summed E-state index contributed by atoms with van der Waals surface area (Å²) >= 11 is 0. The van der Waals surface area contributed by atoms with Gasteiger partial charge in [0.2, 0.25) is 5.91 Å². The fourth-order valence-electron chi connectivity index (χ4n) is 4.62. The number of hydrogen-bond acceptors (Lipinski definition) is 3. The summed E-state index contributed by atoms with van der Waals surface area (Å²) < 4.78 is 5.31. The van der Waals surface area contributed by atoms with E-state index >= 15 is 0 Å². The lowest BCUT2D eigenvalue weighted by Gasteiger charge is -2.43. The maximum atomic E-state index is 13.6. The smallest absolute Gasteiger partial charge is 0.258 e. The van der Waals surface area contributed by atoms with E-state index in [1.807, 2.05) is 90.4 Å². The Kier molecular flexibility index (Phi) is 5.99. The summed E-state index contributed by atoms with van der Waals surface area (Å²) in [6.07, 6.45) is 0.640. The molecule has 0 unspecified atom stereocenters. The number of rotatable bonds is 4. The number of hydrogen-bond donors (Lipinski definition) is 0. The lowest BCUT2D eigenvalue weighted by Crippen LogP contribution is -2.47. The summed E-state index contributed by atoms with van der Waals surface area (Å²) in [5.41, 5.74) is 4.33. The van der Waals surface area contributed by atoms with Gasteiger partial charge in [-0.15, -0.1) is 0 Å². The van der Waals surface area contributed by atoms with Crippen LogP contribution in [0.25, 0.3) is 0 Å². The molecule has 0 aromatic heterocycles. The number of para-hydroxylation sites is 2. The summed E-state index contributed by atoms with van der Waals surface area (Å²) in [6, 6.07) is 22.8. The topological polar surface area (TPSA) is 49.9 Å². The second-order valence-corrected chi connectivity index (χ2v) is 8.24. The van der Waals surface area contributed by atoms with Gasteiger partial charge < -0.3 is 14.5 Å². The Morgan fingerprint density at radius 1 is 1.00 bits per heavy atom. The second kappa shape index (κ2) is 8.87. The summed E-state index contributed by atoms with van der Waals surface area (Å²) in [5.74, 6) is 0.556. The van der Waals surface area contributed by atoms with E-state index in [1.54, 1.807) is 20.1 Å². The van der Waals surface area contributed by atoms with Gasteiger partial charge >= 0.3 is 0 Å². The number of carbonyl (C=O) groups is 2. The monoisotopic (exact) mass is 428 g/mol. The van der Waals surface area contributed by atoms with Gasteiger partial charge in [-0.3, -0.25) is 9.59 Å². The van der Waals surface area contributed by atoms with Crippen molar-refractivity contribution in [2.24, 2.45) is 0 Å². The first-order valence-electron chi connectivity index (χ1n) is 10.8. The highest BCUT2D eigenvalue weighted by Crippen LogP contribution is 2.43. The molecule has 5 nitrogen and oxygen atoms in total. The molecule has 0 N–H and O–H groups in total. The predicted octanol–water partition coefficient (Wildman–Crippen LogP) is 5.54. The van der Waals surface area contributed by atoms with E-state index in [4.69, 9.17) is 4.74 Å². The lowest BCUT2D eigenvalue weighted by atomic mass is 9.89. The van der Waals surface area contributed by atoms with E-state index in [1.165, 1.54) is 0 Å². The van der Waals surface area contributed by atoms with Crippen molar-refractivity contribution in [1.29, 1.82) is 0 Å². The zero-order chi connectivity index (χ0) is 22.8. The molecule has 0 radical (unpaired) electrons. The minimum absolute atomic E-state index is 0.0149. The molecule has 164 valence electrons. The zero-order valence-electron chi connectivity index (χ0n) is 18.9. The molecular weight excluding hydrogens is 400 g/mol. The number of anilines is 2. The molecule has 32 heavy (non-hydrogen) atoms. The Bertz CT molecular complexity index is 1160. The zero-order valence-corrected chi connectivity index (χ0v) is 18.9. The van der Waals surface area contributed by atoms with Crippen LogP contribution in [0.3, 0.4) is 0 Å². The molecule has 0 spiro atoms. The molecule has 0 aliphatic carbocycles. The number of carbonyl (C=O) groups excluding carboxylic acids is 2. The minimum atomic E-state index is -0.158. The predicted molar refractivity (Wildman–Crippen MR) is 127 cm³/mol. The highest BCUT2D eigenvalue weighted by Gasteiger charge is 2.38. The van der Waals surface area contributed by atoms with Crippen LogP contribution in [0.4, 0.5) is 11.4 Å². The molecule has 0 saturated carbocycles. The van der Waals surface area contributed by atoms with Crippen LogP contribution in [-0.2, 0) is 4.79 Å². The van der Waals surface area contributed by atoms with Crippen LogP contribution < -0.4 is 14.5 Å². The molecule has 2 atom stereocenters. The van der Waals surface area contributed by atoms with E-state index in [9.17, 15) is 9.59 Å². The van der Waals surface area contributed by atoms with Gasteiger partial charge in [-0.1, -0.05) is 42.5 Å². The Balaban J connectivity index is 1.79. The number of benzene rings is 3. The van der Waals surface area contributed by atoms with Crippen LogP contribution in [-0.4, -0.2) is 25.0 Å². The van der Waals surface area contributed by atoms with Crippen molar-refractivity contribution in [2.75, 3.05) is 16.9 Å². The third-order valence-electron chi connectivity index (χ3n) is 6.12. The fraction of sp³-hybridized carbons (Fsp3) is 0.259. The minimum Gasteiger partial charge on any atom is -0.497 e. The number of aryl methyl sites for hydroxylation is 1. The van der Waals surface area contributed by atoms with Crippen LogP contribution in [0.15, 0.2) is 72.8 Å². The van der Waals surface area contributed by atoms with Crippen molar-refractivity contribution < 1.29 is 14.3 Å². The van der Waals surface area contributed by atoms with Crippen LogP contribution >= 0.6 is 0 Å². The van der Waals surface area contributed by atoms with Gasteiger partial charge in [-0.25, -0.2) is 0 Å². The number of nitrogens with zero attached hydrogens (tertiary/aromatic N) is 2. The van der Waals surface area contributed by atoms with Gasteiger partial charge in [0.15, 0.2) is 0 Å². The third kappa shape index (κ3) is 3.86. The molecule has 3 aromatic carbocycles. The Morgan fingerprint density at radius 2 is 1.72 bits per heavy atom. The molecule has 1 aliphatic rings. The van der Waals surface area contributed by atoms with E-state index in [0.29, 0.717) is 17.7 Å². The first kappa shape index (κ1) is 21.6. The molecule has 0 fully saturated rings. The Morgan fingerprint density at radius 3 is 2.44 bits per heavy atom. The molecule has 3 aromatic rings. The molecule has 2 amide bonds. The largest absolute Gasteiger partial charge is 0.497 e. The molecule has 5 heteroatoms. The average molecular weight is 429 g/mol. The summed E-state index contributed by atoms with van der Waals surface area (Å²) in [6.45, 7) is 5.66. The SMILES string of the molecule is COc1cccc(C(=O)N2c3ccccc3[C@@H](N(C(C)=O)c3ccccc3C)C[C@H]2C)c1. The maximum Gasteiger partial charge on any atom is 0.258 e. The standard InChI is InChI=1S/C27H28N2O3/c1-18-10-5-7-14-24(18)29(20(3)30)26-16-19(2)28(25-15-8-6-13-23(25)26)27(31)21-11-9-12-22(17-21)32-4/h5-15,17,19,26H,16H2,1-4H3/t19-,26+/m1/s1. The average Bonchev–Trinajstić information content (AvgIpc) is 2.80. The number of ether oxygens (including phenoxy) is 1. The van der Waals surface area contributed by atoms with Crippen LogP contribution in [0, 0.1) is 6.92 Å². The second-order valence-electron chi connectivity index (χ2n) is 8.24. The van der Waals surface area contributed by atoms with Gasteiger partial charge in [-0.05, 0) is 61.7 Å². The van der Waals surface area contributed by atoms with E-state index in [0.717, 1.165) is 22.5 Å². The van der Waals surface area contributed by atoms with Crippen LogP contribution in [0.2, 0.25) is 0 Å². The first-order chi connectivity index (χ1) is 15.4. The highest BCUT2D eigenvalue weighted by molar-refractivity contribution is 6.07. The van der Waals surface area contributed by atoms with Crippen LogP contribution in [0.1, 0.15) is 47.8 Å². The normalized spacial score (nSPS) is 17.4. The van der Waals surface area contributed by atoms with Gasteiger partial charge in [-0.2, -0.15) is 0 Å². The van der Waals surface area contributed by atoms with Crippen molar-refractivity contribution >= 4 is 23.2 Å². The number of methoxy groups -OCH3 is 1. The van der Waals surface area contributed by atoms with Crippen molar-refractivity contribution in [2.45, 2.75) is 39.3 Å². The number of amides is 2. The van der Waals surface area contributed by atoms with Gasteiger partial charge in [0, 0.05) is 29.9 Å². The molecule has 4 rings (SSSR count). The Hall–Kier alpha value is -3.60. The van der Waals surface area contributed by atoms with Crippen molar-refractivity contribution in [1.82, 2.24) is 0 Å². The Labute approximate surface area is 189 Å². The molecule has 1 heterocycles. The fourth-order valence-corrected chi connectivity index (χ4v) is 4.62. The van der Waals surface area contributed by atoms with E-state index in [-0.39, 0.29) is 23.9 Å². The van der Waals surface area contributed by atoms with E-state index in [2.05, 4.69) is 0 Å². The third-order valence-corrected chi connectivity index (χ3v) is 6.12. The number of fused-ring (bicyclic) bond motifs is 1. The highest BCUT2D eigenvalue weighted by atomic mass is 16.5. The van der Waals surface area contributed by atoms with Crippen molar-refractivity contribution in [3.63, 3.8) is 0 Å². The van der Waals surface area contributed by atoms with Crippen molar-refractivity contribution in [3.05, 3.63) is 89.5 Å². The summed E-state index contributed by atoms with van der Waals surface area (Å²) in [5, 5.41) is 0. The maximum absolute atomic E-state index is 13.6. The summed E-state index contributed by atoms with van der Waals surface area (Å²) in [7, 11) is 1.59. The van der Waals surface area contributed by atoms with Crippen LogP contribution in [0.5, 0.6) is 5.75 Å². The molecular formula is C27H28N2O3. The lowest BCUT2D eigenvalue weighted by molar-refractivity contribution is -0.117. The van der Waals surface area contributed by atoms with Gasteiger partial charge in [0.05, 0.1) is 13.2 Å². The van der Waals surface area contributed by atoms with Crippen molar-refractivity contribution in [3.8, 4) is 5.75 Å². The van der Waals surface area contributed by atoms with Gasteiger partial charge in [0.25, 0.3) is 5.91 Å². The first-order valence-corrected chi connectivity index (χ1v) is 10.8. The quantitative estimate of drug-likeness (QED) is 0.548. The van der Waals surface area contributed by atoms with E-state index < -0.39 is 0 Å². The molecule has 1 aliphatic heterocycles.